The van der Waals surface area contributed by atoms with E-state index >= 15 is 0 Å². The molecule has 19 heavy (non-hydrogen) atoms. The molecule has 101 valence electrons. The summed E-state index contributed by atoms with van der Waals surface area (Å²) in [5.74, 6) is 0.0719. The first-order valence-electron chi connectivity index (χ1n) is 6.72. The number of hydrogen-bond donors (Lipinski definition) is 1. The Balaban J connectivity index is 1.81. The van der Waals surface area contributed by atoms with Gasteiger partial charge in [0.2, 0.25) is 5.91 Å². The van der Waals surface area contributed by atoms with Crippen molar-refractivity contribution in [2.24, 2.45) is 0 Å². The lowest BCUT2D eigenvalue weighted by atomic mass is 9.96. The summed E-state index contributed by atoms with van der Waals surface area (Å²) in [4.78, 5) is 16.7. The van der Waals surface area contributed by atoms with Crippen molar-refractivity contribution >= 4 is 17.3 Å². The quantitative estimate of drug-likeness (QED) is 0.808. The average Bonchev–Trinajstić information content (AvgIpc) is 2.40. The Morgan fingerprint density at radius 1 is 1.26 bits per heavy atom. The molecular weight excluding hydrogens is 240 g/mol. The fourth-order valence-corrected chi connectivity index (χ4v) is 2.85. The number of benzene rings is 1. The van der Waals surface area contributed by atoms with E-state index < -0.39 is 0 Å². The molecule has 5 heteroatoms. The molecule has 1 aromatic rings. The third kappa shape index (κ3) is 2.31. The molecule has 3 rings (SSSR count). The van der Waals surface area contributed by atoms with E-state index in [1.807, 2.05) is 12.1 Å². The first kappa shape index (κ1) is 12.4. The predicted octanol–water partition coefficient (Wildman–Crippen LogP) is 0.712. The van der Waals surface area contributed by atoms with Crippen LogP contribution in [0.15, 0.2) is 18.2 Å². The van der Waals surface area contributed by atoms with Gasteiger partial charge >= 0.3 is 0 Å². The maximum atomic E-state index is 12.2. The highest BCUT2D eigenvalue weighted by Gasteiger charge is 2.33. The number of carbonyl (C=O) groups is 1. The first-order valence-corrected chi connectivity index (χ1v) is 6.72. The smallest absolute Gasteiger partial charge is 0.242 e. The van der Waals surface area contributed by atoms with E-state index in [9.17, 15) is 4.79 Å². The van der Waals surface area contributed by atoms with Crippen molar-refractivity contribution in [3.05, 3.63) is 23.8 Å². The zero-order valence-corrected chi connectivity index (χ0v) is 11.1. The molecule has 1 aromatic carbocycles. The number of amides is 1. The van der Waals surface area contributed by atoms with Crippen molar-refractivity contribution < 1.29 is 4.79 Å². The molecule has 1 unspecified atom stereocenters. The van der Waals surface area contributed by atoms with Crippen molar-refractivity contribution in [1.29, 1.82) is 0 Å². The SMILES string of the molecule is CN1CCN(C2Cc3c([NH])cccc3NC2=O)CC1. The summed E-state index contributed by atoms with van der Waals surface area (Å²) in [6.07, 6.45) is 0.657. The number of rotatable bonds is 1. The number of likely N-dealkylation sites (N-methyl/N-ethyl adjacent to an activating group) is 1. The Morgan fingerprint density at radius 3 is 2.74 bits per heavy atom. The second kappa shape index (κ2) is 4.83. The average molecular weight is 259 g/mol. The van der Waals surface area contributed by atoms with E-state index in [0.29, 0.717) is 12.1 Å². The van der Waals surface area contributed by atoms with Crippen LogP contribution in [0.3, 0.4) is 0 Å². The van der Waals surface area contributed by atoms with Gasteiger partial charge in [0.25, 0.3) is 0 Å². The molecule has 2 N–H and O–H groups in total. The summed E-state index contributed by atoms with van der Waals surface area (Å²) in [6, 6.07) is 5.37. The summed E-state index contributed by atoms with van der Waals surface area (Å²) in [5.41, 5.74) is 10.3. The number of nitrogens with one attached hydrogen (secondary N) is 2. The molecule has 1 atom stereocenters. The van der Waals surface area contributed by atoms with Crippen LogP contribution in [0, 0.1) is 0 Å². The largest absolute Gasteiger partial charge is 0.324 e. The summed E-state index contributed by atoms with van der Waals surface area (Å²) < 4.78 is 0. The van der Waals surface area contributed by atoms with Gasteiger partial charge < -0.3 is 16.0 Å². The molecule has 0 spiro atoms. The van der Waals surface area contributed by atoms with Gasteiger partial charge in [-0.3, -0.25) is 9.69 Å². The number of hydrogen-bond acceptors (Lipinski definition) is 3. The third-order valence-corrected chi connectivity index (χ3v) is 4.11. The van der Waals surface area contributed by atoms with Crippen molar-refractivity contribution in [2.45, 2.75) is 12.5 Å². The third-order valence-electron chi connectivity index (χ3n) is 4.11. The summed E-state index contributed by atoms with van der Waals surface area (Å²) in [6.45, 7) is 3.84. The van der Waals surface area contributed by atoms with E-state index in [1.165, 1.54) is 0 Å². The van der Waals surface area contributed by atoms with Gasteiger partial charge in [-0.2, -0.15) is 0 Å². The highest BCUT2D eigenvalue weighted by molar-refractivity contribution is 5.99. The Hall–Kier alpha value is -1.59. The molecule has 2 aliphatic heterocycles. The standard InChI is InChI=1S/C14H19N4O/c1-17-5-7-18(8-6-17)13-9-10-11(15)3-2-4-12(10)16-14(13)19/h2-4,13,15H,5-9H2,1H3,(H,16,19). The van der Waals surface area contributed by atoms with Crippen molar-refractivity contribution in [3.8, 4) is 0 Å². The lowest BCUT2D eigenvalue weighted by Crippen LogP contribution is -2.54. The molecule has 1 fully saturated rings. The van der Waals surface area contributed by atoms with Crippen molar-refractivity contribution in [2.75, 3.05) is 38.5 Å². The molecule has 0 aliphatic carbocycles. The zero-order chi connectivity index (χ0) is 13.4. The lowest BCUT2D eigenvalue weighted by molar-refractivity contribution is -0.122. The first-order chi connectivity index (χ1) is 9.15. The topological polar surface area (TPSA) is 59.4 Å². The summed E-state index contributed by atoms with van der Waals surface area (Å²) in [7, 11) is 2.11. The Kier molecular flexibility index (Phi) is 3.16. The molecule has 1 amide bonds. The van der Waals surface area contributed by atoms with Crippen molar-refractivity contribution in [3.63, 3.8) is 0 Å². The minimum atomic E-state index is -0.118. The predicted molar refractivity (Wildman–Crippen MR) is 74.4 cm³/mol. The van der Waals surface area contributed by atoms with Crippen LogP contribution in [0.2, 0.25) is 0 Å². The van der Waals surface area contributed by atoms with E-state index in [2.05, 4.69) is 22.2 Å². The van der Waals surface area contributed by atoms with Crippen LogP contribution in [0.1, 0.15) is 5.56 Å². The second-order valence-electron chi connectivity index (χ2n) is 5.38. The van der Waals surface area contributed by atoms with Crippen LogP contribution in [-0.2, 0) is 11.2 Å². The molecule has 5 nitrogen and oxygen atoms in total. The zero-order valence-electron chi connectivity index (χ0n) is 11.1. The summed E-state index contributed by atoms with van der Waals surface area (Å²) in [5, 5.41) is 2.95. The Morgan fingerprint density at radius 2 is 2.00 bits per heavy atom. The molecule has 2 aliphatic rings. The fourth-order valence-electron chi connectivity index (χ4n) is 2.85. The van der Waals surface area contributed by atoms with Crippen LogP contribution >= 0.6 is 0 Å². The van der Waals surface area contributed by atoms with Gasteiger partial charge in [0, 0.05) is 43.9 Å². The minimum absolute atomic E-state index is 0.0719. The number of anilines is 1. The van der Waals surface area contributed by atoms with Crippen LogP contribution in [0.4, 0.5) is 11.4 Å². The van der Waals surface area contributed by atoms with Crippen LogP contribution in [0.25, 0.3) is 0 Å². The normalized spacial score (nSPS) is 24.9. The van der Waals surface area contributed by atoms with Gasteiger partial charge in [0.1, 0.15) is 0 Å². The van der Waals surface area contributed by atoms with Crippen LogP contribution in [0.5, 0.6) is 0 Å². The molecular formula is C14H19N4O. The molecule has 2 heterocycles. The monoisotopic (exact) mass is 259 g/mol. The fraction of sp³-hybridized carbons (Fsp3) is 0.500. The van der Waals surface area contributed by atoms with Gasteiger partial charge in [0.05, 0.1) is 11.7 Å². The van der Waals surface area contributed by atoms with Gasteiger partial charge in [-0.05, 0) is 19.2 Å². The van der Waals surface area contributed by atoms with Crippen molar-refractivity contribution in [1.82, 2.24) is 15.5 Å². The van der Waals surface area contributed by atoms with Crippen LogP contribution < -0.4 is 11.1 Å². The molecule has 0 saturated carbocycles. The number of fused-ring (bicyclic) bond motifs is 1. The van der Waals surface area contributed by atoms with E-state index in [-0.39, 0.29) is 11.9 Å². The maximum absolute atomic E-state index is 12.2. The molecule has 1 radical (unpaired) electrons. The molecule has 0 bridgehead atoms. The van der Waals surface area contributed by atoms with E-state index in [1.54, 1.807) is 6.07 Å². The minimum Gasteiger partial charge on any atom is -0.324 e. The maximum Gasteiger partial charge on any atom is 0.242 e. The number of piperazine rings is 1. The highest BCUT2D eigenvalue weighted by atomic mass is 16.2. The molecule has 1 saturated heterocycles. The lowest BCUT2D eigenvalue weighted by Gasteiger charge is -2.39. The van der Waals surface area contributed by atoms with Crippen LogP contribution in [-0.4, -0.2) is 55.0 Å². The van der Waals surface area contributed by atoms with E-state index in [4.69, 9.17) is 5.73 Å². The summed E-state index contributed by atoms with van der Waals surface area (Å²) >= 11 is 0. The number of carbonyl (C=O) groups excluding carboxylic acids is 1. The second-order valence-corrected chi connectivity index (χ2v) is 5.38. The Labute approximate surface area is 113 Å². The highest BCUT2D eigenvalue weighted by Crippen LogP contribution is 2.30. The Bertz CT molecular complexity index is 494. The molecule has 0 aromatic heterocycles. The van der Waals surface area contributed by atoms with Gasteiger partial charge in [-0.25, -0.2) is 0 Å². The van der Waals surface area contributed by atoms with Gasteiger partial charge in [-0.15, -0.1) is 0 Å². The van der Waals surface area contributed by atoms with Gasteiger partial charge in [0.15, 0.2) is 0 Å². The van der Waals surface area contributed by atoms with Gasteiger partial charge in [-0.1, -0.05) is 6.07 Å². The van der Waals surface area contributed by atoms with E-state index in [0.717, 1.165) is 37.4 Å². The number of nitrogens with zero attached hydrogens (tertiary/aromatic N) is 2.